The molecule has 0 fully saturated rings. The van der Waals surface area contributed by atoms with Gasteiger partial charge in [0.05, 0.1) is 20.3 Å². The number of Topliss-reactive ketones (excluding diaryl/α,β-unsaturated/α-hetero) is 1. The molecule has 0 unspecified atom stereocenters. The number of carbonyl (C=O) groups excluding carboxylic acids is 21. The Morgan fingerprint density at radius 3 is 0.805 bits per heavy atom. The molecule has 54 heteroatoms. The Morgan fingerprint density at radius 2 is 0.577 bits per heavy atom. The summed E-state index contributed by atoms with van der Waals surface area (Å²) in [6.07, 6.45) is 4.82. The summed E-state index contributed by atoms with van der Waals surface area (Å²) >= 11 is 5.24. The van der Waals surface area contributed by atoms with E-state index in [-0.39, 0.29) is 68.7 Å². The quantitative estimate of drug-likeness (QED) is 0.0240. The summed E-state index contributed by atoms with van der Waals surface area (Å²) < 4.78 is 40.4. The van der Waals surface area contributed by atoms with E-state index in [2.05, 4.69) is 65.2 Å². The van der Waals surface area contributed by atoms with Crippen LogP contribution in [0.25, 0.3) is 0 Å². The number of carboxylic acids is 1. The van der Waals surface area contributed by atoms with Gasteiger partial charge in [-0.2, -0.15) is 47.0 Å². The van der Waals surface area contributed by atoms with Crippen molar-refractivity contribution in [2.75, 3.05) is 206 Å². The second-order valence-corrected chi connectivity index (χ2v) is 41.6. The van der Waals surface area contributed by atoms with Gasteiger partial charge in [0.2, 0.25) is 70.9 Å². The fourth-order valence-electron chi connectivity index (χ4n) is 13.5. The lowest BCUT2D eigenvalue weighted by atomic mass is 10.0. The van der Waals surface area contributed by atoms with Gasteiger partial charge in [-0.25, -0.2) is 28.8 Å². The predicted molar refractivity (Wildman–Crippen MR) is 565 cm³/mol. The van der Waals surface area contributed by atoms with Crippen LogP contribution in [0.2, 0.25) is 0 Å². The molecule has 149 heavy (non-hydrogen) atoms. The fourth-order valence-corrected chi connectivity index (χ4v) is 16.2. The van der Waals surface area contributed by atoms with Crippen LogP contribution >= 0.6 is 47.0 Å². The molecule has 0 aromatic heterocycles. The highest BCUT2D eigenvalue weighted by Gasteiger charge is 2.44. The van der Waals surface area contributed by atoms with E-state index in [1.807, 2.05) is 13.2 Å². The molecule has 9 N–H and O–H groups in total. The summed E-state index contributed by atoms with van der Waals surface area (Å²) in [5.41, 5.74) is -3.59. The van der Waals surface area contributed by atoms with Crippen molar-refractivity contribution in [3.63, 3.8) is 0 Å². The van der Waals surface area contributed by atoms with E-state index in [0.29, 0.717) is 12.2 Å². The Balaban J connectivity index is -0.00000238. The largest absolute Gasteiger partial charge is 0.480 e. The van der Waals surface area contributed by atoms with Crippen molar-refractivity contribution in [2.45, 2.75) is 244 Å². The molecular formula is C95H167N19O31S4. The Morgan fingerprint density at radius 1 is 0.329 bits per heavy atom. The summed E-state index contributed by atoms with van der Waals surface area (Å²) in [6, 6.07) is -12.8. The third-order valence-corrected chi connectivity index (χ3v) is 24.1. The summed E-state index contributed by atoms with van der Waals surface area (Å²) in [7, 11) is 19.6. The maximum atomic E-state index is 14.2. The summed E-state index contributed by atoms with van der Waals surface area (Å²) in [5, 5.41) is 28.5. The second kappa shape index (κ2) is 70.3. The van der Waals surface area contributed by atoms with Gasteiger partial charge in [-0.3, -0.25) is 86.5 Å². The summed E-state index contributed by atoms with van der Waals surface area (Å²) in [5.74, 6) is -9.66. The first kappa shape index (κ1) is 141. The van der Waals surface area contributed by atoms with Gasteiger partial charge >= 0.3 is 54.5 Å². The van der Waals surface area contributed by atoms with Gasteiger partial charge in [0, 0.05) is 140 Å². The number of alkyl carbamates (subject to hydrolysis) is 4. The van der Waals surface area contributed by atoms with Gasteiger partial charge in [0.1, 0.15) is 122 Å². The normalized spacial score (nSPS) is 13.5. The zero-order chi connectivity index (χ0) is 116. The molecule has 50 nitrogen and oxygen atoms in total. The Labute approximate surface area is 893 Å². The third kappa shape index (κ3) is 53.4. The van der Waals surface area contributed by atoms with Gasteiger partial charge in [0.25, 0.3) is 0 Å². The minimum atomic E-state index is -1.41. The SMILES string of the molecule is C=CCOC(=O)N(C)[C@@H](CC)C(=O)N(C)[C@@H](CSC)C(=O)N(C)C[C@@H](NC(=O)OC(C)(C)C)C(=O)CCC(=O)N(C)[C@@H](CC)C(=O)N(C)[C@@H](CSC)C(=O)N(C)C[C@@H](NC(=O)OC(C)(C)C)C(=O)NCC(=O)OC.C=CCOC(=O)N(C)[C@@H](CC)C(=O)N(C)[C@@H](CSC)C(=O)N(C)C[C@@H](NC(=O)OC(C)(C)C)C(=O)NCC(=O)O.CC[C@H](NC)C(=O)N(C)[C@@H](CSC)C(=O)N(C)C[C@@H](NC(=O)OC(C)(C)C)C(=O)NCC(=O)OC. The Bertz CT molecular complexity index is 4440. The molecular weight excluding hydrogens is 2030 g/mol. The smallest absolute Gasteiger partial charge is 0.410 e. The lowest BCUT2D eigenvalue weighted by molar-refractivity contribution is -0.149. The molecule has 0 aliphatic carbocycles. The van der Waals surface area contributed by atoms with E-state index in [1.165, 1.54) is 166 Å². The zero-order valence-electron chi connectivity index (χ0n) is 93.2. The second-order valence-electron chi connectivity index (χ2n) is 38.0. The van der Waals surface area contributed by atoms with Crippen molar-refractivity contribution in [3.05, 3.63) is 25.3 Å². The highest BCUT2D eigenvalue weighted by molar-refractivity contribution is 7.99. The number of thioether (sulfide) groups is 4. The highest BCUT2D eigenvalue weighted by Crippen LogP contribution is 2.23. The zero-order valence-corrected chi connectivity index (χ0v) is 96.4. The first-order chi connectivity index (χ1) is 69.0. The van der Waals surface area contributed by atoms with Crippen LogP contribution in [0.1, 0.15) is 149 Å². The lowest BCUT2D eigenvalue weighted by Crippen LogP contribution is -2.58. The van der Waals surface area contributed by atoms with Crippen molar-refractivity contribution in [2.24, 2.45) is 0 Å². The minimum absolute atomic E-state index is 0.0272. The third-order valence-electron chi connectivity index (χ3n) is 21.5. The van der Waals surface area contributed by atoms with E-state index >= 15 is 0 Å². The molecule has 18 amide bonds. The predicted octanol–water partition coefficient (Wildman–Crippen LogP) is 2.56. The average Bonchev–Trinajstić information content (AvgIpc) is 0.842. The fraction of sp³-hybridized carbons (Fsp3) is 0.726. The molecule has 852 valence electrons. The maximum Gasteiger partial charge on any atom is 0.410 e. The van der Waals surface area contributed by atoms with Crippen LogP contribution in [0.15, 0.2) is 25.3 Å². The summed E-state index contributed by atoms with van der Waals surface area (Å²) in [6.45, 7) is 30.4. The van der Waals surface area contributed by atoms with Crippen molar-refractivity contribution in [3.8, 4) is 0 Å². The molecule has 0 aliphatic rings. The van der Waals surface area contributed by atoms with Crippen molar-refractivity contribution in [1.82, 2.24) is 96.4 Å². The molecule has 0 spiro atoms. The molecule has 0 bridgehead atoms. The topological polar surface area (TPSA) is 601 Å². The van der Waals surface area contributed by atoms with Gasteiger partial charge in [0.15, 0.2) is 5.78 Å². The maximum absolute atomic E-state index is 14.2. The van der Waals surface area contributed by atoms with Crippen LogP contribution in [0.5, 0.6) is 0 Å². The number of methoxy groups -OCH3 is 2. The van der Waals surface area contributed by atoms with Crippen molar-refractivity contribution in [1.29, 1.82) is 0 Å². The molecule has 0 saturated heterocycles. The number of esters is 2. The number of ether oxygens (including phenoxy) is 8. The van der Waals surface area contributed by atoms with Gasteiger partial charge < -0.3 is 130 Å². The first-order valence-corrected chi connectivity index (χ1v) is 53.2. The van der Waals surface area contributed by atoms with Crippen molar-refractivity contribution >= 4 is 178 Å². The van der Waals surface area contributed by atoms with E-state index in [4.69, 9.17) is 33.5 Å². The number of carbonyl (C=O) groups is 22. The standard InChI is InChI=1S/C48H83N9O15S2.C25H43N5O9S.C22H41N5O7S/c1-19-24-70-46(68)57(15)33(21-3)43(65)56(14)34(28-73-17)40(62)52(10)26-30(50-44(66)71-47(4,5)6)36(58)22-23-37(59)54(12)32(20-2)42(64)55(13)35(29-74-18)41(63)53(11)27-31(39(61)49-25-38(60)69-16)51-45(67)72-48(7,8)9;1-10-12-38-24(37)30(8)17(11-2)22(35)29(7)18(15-40-9)21(34)28(6)14-16(20(33)26-13-19(31)32)27-23(36)39-25(3,4)5;1-10-14(23-5)19(30)27(7)16(13-35-9)20(31)26(6)12-15(18(29)24-11-17(28)33-8)25-21(32)34-22(2,3)4/h19,30-35H,1,20-29H2,2-18H3,(H,49,61)(H,50,66)(H,51,67);10,16-18H,1,11-15H2,2-9H3,(H,26,33)(H,27,36)(H,31,32);14-16,23H,10-13H2,1-9H3,(H,24,29)(H,25,32)/t30-,31-,32+,33+,34+,35+;16-,17+,18+;14-,15+,16-/m110/s1. The molecule has 0 aromatic rings. The first-order valence-electron chi connectivity index (χ1n) is 47.6. The van der Waals surface area contributed by atoms with Gasteiger partial charge in [-0.1, -0.05) is 53.0 Å². The van der Waals surface area contributed by atoms with Crippen LogP contribution < -0.4 is 42.5 Å². The molecule has 0 aromatic carbocycles. The van der Waals surface area contributed by atoms with E-state index in [9.17, 15) is 105 Å². The van der Waals surface area contributed by atoms with Crippen LogP contribution in [0, 0.1) is 0 Å². The van der Waals surface area contributed by atoms with E-state index in [1.54, 1.807) is 137 Å². The number of rotatable bonds is 57. The monoisotopic (exact) mass is 2200 g/mol. The van der Waals surface area contributed by atoms with Crippen LogP contribution in [0.3, 0.4) is 0 Å². The molecule has 12 atom stereocenters. The van der Waals surface area contributed by atoms with Crippen LogP contribution in [-0.4, -0.2) is 491 Å². The minimum Gasteiger partial charge on any atom is -0.480 e. The number of carboxylic acid groups (broad SMARTS) is 1. The van der Waals surface area contributed by atoms with Crippen molar-refractivity contribution < 1.29 is 148 Å². The lowest BCUT2D eigenvalue weighted by Gasteiger charge is -2.36. The number of nitrogens with one attached hydrogen (secondary N) is 8. The van der Waals surface area contributed by atoms with E-state index < -0.39 is 266 Å². The number of ketones is 1. The molecule has 0 saturated carbocycles. The van der Waals surface area contributed by atoms with Crippen LogP contribution in [0.4, 0.5) is 28.8 Å². The van der Waals surface area contributed by atoms with Gasteiger partial charge in [-0.15, -0.1) is 0 Å². The summed E-state index contributed by atoms with van der Waals surface area (Å²) in [4.78, 5) is 299. The number of amides is 18. The van der Waals surface area contributed by atoms with Gasteiger partial charge in [-0.05, 0) is 141 Å². The highest BCUT2D eigenvalue weighted by atomic mass is 32.2. The Kier molecular flexibility index (Phi) is 66.6. The van der Waals surface area contributed by atoms with E-state index in [0.717, 1.165) is 31.6 Å². The number of aliphatic carboxylic acids is 1. The number of nitrogens with zero attached hydrogens (tertiary/aromatic N) is 11. The number of hydrogen-bond donors (Lipinski definition) is 9. The molecule has 0 aliphatic heterocycles. The Hall–Kier alpha value is -11.8. The molecule has 0 heterocycles. The van der Waals surface area contributed by atoms with Crippen LogP contribution in [-0.2, 0) is 115 Å². The number of likely N-dealkylation sites (N-methyl/N-ethyl adjacent to an activating group) is 12. The number of hydrogen-bond acceptors (Lipinski definition) is 35. The molecule has 0 rings (SSSR count). The average molecular weight is 2200 g/mol. The molecule has 0 radical (unpaired) electrons.